The molecule has 0 aliphatic carbocycles. The van der Waals surface area contributed by atoms with Gasteiger partial charge in [-0.2, -0.15) is 5.10 Å². The highest BCUT2D eigenvalue weighted by molar-refractivity contribution is 9.10. The Balaban J connectivity index is 2.23. The average Bonchev–Trinajstić information content (AvgIpc) is 2.74. The SMILES string of the molecule is CCc1cc(C(=O)Nc2ncc(Br)cc2C)n(C)n1. The maximum absolute atomic E-state index is 12.2. The normalized spacial score (nSPS) is 10.5. The largest absolute Gasteiger partial charge is 0.305 e. The van der Waals surface area contributed by atoms with Crippen LogP contribution in [0.5, 0.6) is 0 Å². The number of nitrogens with one attached hydrogen (secondary N) is 1. The first-order chi connectivity index (χ1) is 9.01. The fourth-order valence-corrected chi connectivity index (χ4v) is 2.20. The minimum absolute atomic E-state index is 0.201. The van der Waals surface area contributed by atoms with Gasteiger partial charge in [-0.3, -0.25) is 9.48 Å². The van der Waals surface area contributed by atoms with E-state index in [-0.39, 0.29) is 5.91 Å². The predicted molar refractivity (Wildman–Crippen MR) is 77.2 cm³/mol. The molecule has 0 aromatic carbocycles. The van der Waals surface area contributed by atoms with Crippen molar-refractivity contribution in [3.05, 3.63) is 39.8 Å². The van der Waals surface area contributed by atoms with Crippen LogP contribution in [0.25, 0.3) is 0 Å². The summed E-state index contributed by atoms with van der Waals surface area (Å²) >= 11 is 3.34. The molecule has 5 nitrogen and oxygen atoms in total. The summed E-state index contributed by atoms with van der Waals surface area (Å²) < 4.78 is 2.47. The smallest absolute Gasteiger partial charge is 0.275 e. The number of anilines is 1. The lowest BCUT2D eigenvalue weighted by atomic mass is 10.2. The van der Waals surface area contributed by atoms with Crippen LogP contribution in [0.1, 0.15) is 28.7 Å². The molecule has 0 fully saturated rings. The number of aromatic nitrogens is 3. The van der Waals surface area contributed by atoms with Crippen molar-refractivity contribution in [1.82, 2.24) is 14.8 Å². The van der Waals surface area contributed by atoms with Gasteiger partial charge in [-0.15, -0.1) is 0 Å². The molecular formula is C13H15BrN4O. The Hall–Kier alpha value is -1.69. The highest BCUT2D eigenvalue weighted by Gasteiger charge is 2.14. The van der Waals surface area contributed by atoms with E-state index in [2.05, 4.69) is 31.3 Å². The Bertz CT molecular complexity index is 621. The molecule has 0 spiro atoms. The molecule has 6 heteroatoms. The second kappa shape index (κ2) is 5.52. The Kier molecular flexibility index (Phi) is 3.99. The molecule has 0 aliphatic rings. The van der Waals surface area contributed by atoms with E-state index in [9.17, 15) is 4.79 Å². The van der Waals surface area contributed by atoms with Crippen molar-refractivity contribution in [3.8, 4) is 0 Å². The summed E-state index contributed by atoms with van der Waals surface area (Å²) in [6.07, 6.45) is 2.46. The molecule has 1 amide bonds. The predicted octanol–water partition coefficient (Wildman–Crippen LogP) is 2.70. The van der Waals surface area contributed by atoms with E-state index in [1.165, 1.54) is 0 Å². The molecule has 0 aliphatic heterocycles. The molecular weight excluding hydrogens is 308 g/mol. The summed E-state index contributed by atoms with van der Waals surface area (Å²) in [6.45, 7) is 3.90. The third-order valence-electron chi connectivity index (χ3n) is 2.80. The van der Waals surface area contributed by atoms with Crippen molar-refractivity contribution in [2.45, 2.75) is 20.3 Å². The van der Waals surface area contributed by atoms with E-state index >= 15 is 0 Å². The maximum atomic E-state index is 12.2. The maximum Gasteiger partial charge on any atom is 0.275 e. The average molecular weight is 323 g/mol. The summed E-state index contributed by atoms with van der Waals surface area (Å²) in [6, 6.07) is 3.70. The lowest BCUT2D eigenvalue weighted by molar-refractivity contribution is 0.101. The summed E-state index contributed by atoms with van der Waals surface area (Å²) in [7, 11) is 1.76. The van der Waals surface area contributed by atoms with Gasteiger partial charge in [-0.05, 0) is 47.0 Å². The Labute approximate surface area is 120 Å². The van der Waals surface area contributed by atoms with Gasteiger partial charge >= 0.3 is 0 Å². The quantitative estimate of drug-likeness (QED) is 0.945. The molecule has 0 saturated heterocycles. The van der Waals surface area contributed by atoms with Crippen LogP contribution in [0, 0.1) is 6.92 Å². The Morgan fingerprint density at radius 1 is 1.47 bits per heavy atom. The van der Waals surface area contributed by atoms with E-state index in [0.29, 0.717) is 11.5 Å². The summed E-state index contributed by atoms with van der Waals surface area (Å²) in [5.74, 6) is 0.361. The van der Waals surface area contributed by atoms with Gasteiger partial charge in [-0.25, -0.2) is 4.98 Å². The minimum Gasteiger partial charge on any atom is -0.305 e. The topological polar surface area (TPSA) is 59.8 Å². The Morgan fingerprint density at radius 2 is 2.21 bits per heavy atom. The molecule has 100 valence electrons. The van der Waals surface area contributed by atoms with Gasteiger partial charge in [0.1, 0.15) is 11.5 Å². The van der Waals surface area contributed by atoms with Crippen molar-refractivity contribution in [2.75, 3.05) is 5.32 Å². The zero-order valence-corrected chi connectivity index (χ0v) is 12.7. The Morgan fingerprint density at radius 3 is 2.79 bits per heavy atom. The van der Waals surface area contributed by atoms with Crippen LogP contribution in [0.15, 0.2) is 22.8 Å². The van der Waals surface area contributed by atoms with Crippen molar-refractivity contribution in [1.29, 1.82) is 0 Å². The molecule has 2 aromatic heterocycles. The van der Waals surface area contributed by atoms with E-state index < -0.39 is 0 Å². The number of rotatable bonds is 3. The highest BCUT2D eigenvalue weighted by Crippen LogP contribution is 2.17. The molecule has 0 unspecified atom stereocenters. The number of hydrogen-bond donors (Lipinski definition) is 1. The lowest BCUT2D eigenvalue weighted by Crippen LogP contribution is -2.17. The van der Waals surface area contributed by atoms with Crippen molar-refractivity contribution >= 4 is 27.7 Å². The van der Waals surface area contributed by atoms with Crippen LogP contribution in [-0.2, 0) is 13.5 Å². The van der Waals surface area contributed by atoms with Gasteiger partial charge in [0.2, 0.25) is 0 Å². The van der Waals surface area contributed by atoms with Gasteiger partial charge < -0.3 is 5.32 Å². The standard InChI is InChI=1S/C13H15BrN4O/c1-4-10-6-11(18(3)17-10)13(19)16-12-8(2)5-9(14)7-15-12/h5-7H,4H2,1-3H3,(H,15,16,19). The zero-order valence-electron chi connectivity index (χ0n) is 11.1. The number of amides is 1. The molecule has 0 radical (unpaired) electrons. The van der Waals surface area contributed by atoms with Crippen molar-refractivity contribution in [3.63, 3.8) is 0 Å². The molecule has 2 heterocycles. The third-order valence-corrected chi connectivity index (χ3v) is 3.24. The van der Waals surface area contributed by atoms with Crippen LogP contribution in [0.2, 0.25) is 0 Å². The first-order valence-corrected chi connectivity index (χ1v) is 6.77. The van der Waals surface area contributed by atoms with Crippen LogP contribution in [-0.4, -0.2) is 20.7 Å². The first-order valence-electron chi connectivity index (χ1n) is 5.97. The molecule has 19 heavy (non-hydrogen) atoms. The summed E-state index contributed by atoms with van der Waals surface area (Å²) in [5, 5.41) is 7.06. The van der Waals surface area contributed by atoms with Gasteiger partial charge in [0.05, 0.1) is 5.69 Å². The molecule has 2 aromatic rings. The van der Waals surface area contributed by atoms with Crippen molar-refractivity contribution in [2.24, 2.45) is 7.05 Å². The van der Waals surface area contributed by atoms with Crippen LogP contribution >= 0.6 is 15.9 Å². The van der Waals surface area contributed by atoms with Gasteiger partial charge in [0, 0.05) is 17.7 Å². The number of halogens is 1. The number of carbonyl (C=O) groups is 1. The number of carbonyl (C=O) groups excluding carboxylic acids is 1. The molecule has 0 atom stereocenters. The van der Waals surface area contributed by atoms with Crippen LogP contribution in [0.3, 0.4) is 0 Å². The number of hydrogen-bond acceptors (Lipinski definition) is 3. The van der Waals surface area contributed by atoms with Crippen molar-refractivity contribution < 1.29 is 4.79 Å². The fraction of sp³-hybridized carbons (Fsp3) is 0.308. The monoisotopic (exact) mass is 322 g/mol. The lowest BCUT2D eigenvalue weighted by Gasteiger charge is -2.07. The molecule has 1 N–H and O–H groups in total. The number of pyridine rings is 1. The number of nitrogens with zero attached hydrogens (tertiary/aromatic N) is 3. The van der Waals surface area contributed by atoms with E-state index in [0.717, 1.165) is 22.2 Å². The second-order valence-electron chi connectivity index (χ2n) is 4.27. The molecule has 0 bridgehead atoms. The minimum atomic E-state index is -0.201. The molecule has 0 saturated carbocycles. The van der Waals surface area contributed by atoms with Crippen LogP contribution in [0.4, 0.5) is 5.82 Å². The van der Waals surface area contributed by atoms with Gasteiger partial charge in [0.25, 0.3) is 5.91 Å². The summed E-state index contributed by atoms with van der Waals surface area (Å²) in [4.78, 5) is 16.4. The fourth-order valence-electron chi connectivity index (χ4n) is 1.75. The third kappa shape index (κ3) is 3.01. The summed E-state index contributed by atoms with van der Waals surface area (Å²) in [5.41, 5.74) is 2.33. The number of aryl methyl sites for hydroxylation is 3. The van der Waals surface area contributed by atoms with E-state index in [1.807, 2.05) is 19.9 Å². The first kappa shape index (κ1) is 13.7. The zero-order chi connectivity index (χ0) is 14.0. The van der Waals surface area contributed by atoms with E-state index in [1.54, 1.807) is 24.0 Å². The highest BCUT2D eigenvalue weighted by atomic mass is 79.9. The van der Waals surface area contributed by atoms with E-state index in [4.69, 9.17) is 0 Å². The van der Waals surface area contributed by atoms with Crippen LogP contribution < -0.4 is 5.32 Å². The van der Waals surface area contributed by atoms with Gasteiger partial charge in [-0.1, -0.05) is 6.92 Å². The van der Waals surface area contributed by atoms with Gasteiger partial charge in [0.15, 0.2) is 0 Å². The second-order valence-corrected chi connectivity index (χ2v) is 5.19. The molecule has 2 rings (SSSR count).